The topological polar surface area (TPSA) is 29.1 Å². The van der Waals surface area contributed by atoms with E-state index in [1.54, 1.807) is 6.08 Å². The molecule has 0 unspecified atom stereocenters. The van der Waals surface area contributed by atoms with E-state index in [0.717, 1.165) is 13.0 Å². The molecule has 2 nitrogen and oxygen atoms in total. The highest BCUT2D eigenvalue weighted by Crippen LogP contribution is 2.00. The molecule has 0 aromatic rings. The fraction of sp³-hybridized carbons (Fsp3) is 0.667. The molecule has 0 heterocycles. The lowest BCUT2D eigenvalue weighted by Crippen LogP contribution is -2.25. The zero-order chi connectivity index (χ0) is 8.69. The Morgan fingerprint density at radius 2 is 2.36 bits per heavy atom. The SMILES string of the molecule is C=C[C@@H](C)CC(=O)NCCC. The molecule has 0 saturated carbocycles. The summed E-state index contributed by atoms with van der Waals surface area (Å²) in [5.41, 5.74) is 0. The summed E-state index contributed by atoms with van der Waals surface area (Å²) in [6, 6.07) is 0. The predicted molar refractivity (Wildman–Crippen MR) is 47.3 cm³/mol. The van der Waals surface area contributed by atoms with Gasteiger partial charge in [-0.15, -0.1) is 6.58 Å². The summed E-state index contributed by atoms with van der Waals surface area (Å²) in [6.07, 6.45) is 3.35. The Morgan fingerprint density at radius 3 is 2.82 bits per heavy atom. The second-order valence-corrected chi connectivity index (χ2v) is 2.77. The zero-order valence-corrected chi connectivity index (χ0v) is 7.39. The van der Waals surface area contributed by atoms with E-state index < -0.39 is 0 Å². The highest BCUT2D eigenvalue weighted by molar-refractivity contribution is 5.76. The molecule has 1 atom stereocenters. The molecule has 1 amide bonds. The second-order valence-electron chi connectivity index (χ2n) is 2.77. The van der Waals surface area contributed by atoms with Gasteiger partial charge in [-0.25, -0.2) is 0 Å². The molecule has 0 rings (SSSR count). The molecule has 0 aliphatic rings. The second kappa shape index (κ2) is 5.96. The Hall–Kier alpha value is -0.790. The Balaban J connectivity index is 3.43. The minimum absolute atomic E-state index is 0.124. The maximum atomic E-state index is 11.0. The molecule has 0 aliphatic carbocycles. The molecule has 0 bridgehead atoms. The number of carbonyl (C=O) groups excluding carboxylic acids is 1. The summed E-state index contributed by atoms with van der Waals surface area (Å²) in [7, 11) is 0. The van der Waals surface area contributed by atoms with Crippen molar-refractivity contribution in [1.82, 2.24) is 5.32 Å². The van der Waals surface area contributed by atoms with Crippen molar-refractivity contribution in [3.05, 3.63) is 12.7 Å². The van der Waals surface area contributed by atoms with Crippen LogP contribution >= 0.6 is 0 Å². The number of carbonyl (C=O) groups is 1. The first-order valence-electron chi connectivity index (χ1n) is 4.10. The van der Waals surface area contributed by atoms with E-state index in [2.05, 4.69) is 11.9 Å². The third-order valence-corrected chi connectivity index (χ3v) is 1.48. The number of allylic oxidation sites excluding steroid dienone is 1. The molecule has 64 valence electrons. The lowest BCUT2D eigenvalue weighted by atomic mass is 10.1. The number of hydrogen-bond acceptors (Lipinski definition) is 1. The van der Waals surface area contributed by atoms with Crippen molar-refractivity contribution in [2.24, 2.45) is 5.92 Å². The summed E-state index contributed by atoms with van der Waals surface area (Å²) in [6.45, 7) is 8.42. The monoisotopic (exact) mass is 155 g/mol. The van der Waals surface area contributed by atoms with E-state index in [9.17, 15) is 4.79 Å². The van der Waals surface area contributed by atoms with Crippen molar-refractivity contribution in [2.45, 2.75) is 26.7 Å². The van der Waals surface area contributed by atoms with Gasteiger partial charge in [0.25, 0.3) is 0 Å². The van der Waals surface area contributed by atoms with Crippen LogP contribution < -0.4 is 5.32 Å². The highest BCUT2D eigenvalue weighted by atomic mass is 16.1. The summed E-state index contributed by atoms with van der Waals surface area (Å²) in [5.74, 6) is 0.408. The van der Waals surface area contributed by atoms with Crippen LogP contribution in [-0.4, -0.2) is 12.5 Å². The average Bonchev–Trinajstić information content (AvgIpc) is 2.00. The fourth-order valence-electron chi connectivity index (χ4n) is 0.712. The molecule has 0 aromatic heterocycles. The molecule has 0 radical (unpaired) electrons. The van der Waals surface area contributed by atoms with Crippen molar-refractivity contribution in [1.29, 1.82) is 0 Å². The van der Waals surface area contributed by atoms with Gasteiger partial charge in [-0.05, 0) is 12.3 Å². The van der Waals surface area contributed by atoms with Crippen LogP contribution in [0.15, 0.2) is 12.7 Å². The van der Waals surface area contributed by atoms with Crippen LogP contribution in [0.3, 0.4) is 0 Å². The van der Waals surface area contributed by atoms with Crippen LogP contribution in [0.4, 0.5) is 0 Å². The van der Waals surface area contributed by atoms with Gasteiger partial charge in [0.05, 0.1) is 0 Å². The maximum Gasteiger partial charge on any atom is 0.220 e. The van der Waals surface area contributed by atoms with Gasteiger partial charge in [-0.1, -0.05) is 19.9 Å². The van der Waals surface area contributed by atoms with Gasteiger partial charge >= 0.3 is 0 Å². The molecule has 0 aliphatic heterocycles. The van der Waals surface area contributed by atoms with Crippen molar-refractivity contribution in [2.75, 3.05) is 6.54 Å². The molecule has 0 saturated heterocycles. The number of nitrogens with one attached hydrogen (secondary N) is 1. The largest absolute Gasteiger partial charge is 0.356 e. The Labute approximate surface area is 68.7 Å². The third-order valence-electron chi connectivity index (χ3n) is 1.48. The molecular weight excluding hydrogens is 138 g/mol. The third kappa shape index (κ3) is 5.64. The first-order valence-corrected chi connectivity index (χ1v) is 4.10. The standard InChI is InChI=1S/C9H17NO/c1-4-6-10-9(11)7-8(3)5-2/h5,8H,2,4,6-7H2,1,3H3,(H,10,11)/t8-/m1/s1. The first-order chi connectivity index (χ1) is 5.20. The summed E-state index contributed by atoms with van der Waals surface area (Å²) < 4.78 is 0. The van der Waals surface area contributed by atoms with E-state index >= 15 is 0 Å². The van der Waals surface area contributed by atoms with Crippen LogP contribution in [-0.2, 0) is 4.79 Å². The summed E-state index contributed by atoms with van der Waals surface area (Å²) in [4.78, 5) is 11.0. The van der Waals surface area contributed by atoms with E-state index in [1.165, 1.54) is 0 Å². The van der Waals surface area contributed by atoms with Crippen LogP contribution in [0.5, 0.6) is 0 Å². The Kier molecular flexibility index (Phi) is 5.53. The van der Waals surface area contributed by atoms with Gasteiger partial charge in [0, 0.05) is 13.0 Å². The molecule has 0 fully saturated rings. The van der Waals surface area contributed by atoms with Gasteiger partial charge in [0.2, 0.25) is 5.91 Å². The van der Waals surface area contributed by atoms with Crippen molar-refractivity contribution < 1.29 is 4.79 Å². The van der Waals surface area contributed by atoms with Gasteiger partial charge < -0.3 is 5.32 Å². The maximum absolute atomic E-state index is 11.0. The average molecular weight is 155 g/mol. The number of rotatable bonds is 5. The lowest BCUT2D eigenvalue weighted by molar-refractivity contribution is -0.121. The summed E-state index contributed by atoms with van der Waals surface area (Å²) in [5, 5.41) is 2.81. The fourth-order valence-corrected chi connectivity index (χ4v) is 0.712. The van der Waals surface area contributed by atoms with Crippen LogP contribution in [0, 0.1) is 5.92 Å². The van der Waals surface area contributed by atoms with E-state index in [-0.39, 0.29) is 11.8 Å². The van der Waals surface area contributed by atoms with Crippen molar-refractivity contribution >= 4 is 5.91 Å². The normalized spacial score (nSPS) is 12.2. The number of amides is 1. The van der Waals surface area contributed by atoms with E-state index in [0.29, 0.717) is 6.42 Å². The lowest BCUT2D eigenvalue weighted by Gasteiger charge is -2.05. The van der Waals surface area contributed by atoms with Gasteiger partial charge in [-0.2, -0.15) is 0 Å². The molecule has 0 spiro atoms. The minimum Gasteiger partial charge on any atom is -0.356 e. The van der Waals surface area contributed by atoms with Crippen molar-refractivity contribution in [3.63, 3.8) is 0 Å². The molecule has 2 heteroatoms. The van der Waals surface area contributed by atoms with Gasteiger partial charge in [0.15, 0.2) is 0 Å². The smallest absolute Gasteiger partial charge is 0.220 e. The first kappa shape index (κ1) is 10.2. The zero-order valence-electron chi connectivity index (χ0n) is 7.39. The molecule has 1 N–H and O–H groups in total. The Morgan fingerprint density at radius 1 is 1.73 bits per heavy atom. The molecule has 0 aromatic carbocycles. The predicted octanol–water partition coefficient (Wildman–Crippen LogP) is 1.72. The van der Waals surface area contributed by atoms with Crippen LogP contribution in [0.25, 0.3) is 0 Å². The van der Waals surface area contributed by atoms with Crippen LogP contribution in [0.2, 0.25) is 0 Å². The van der Waals surface area contributed by atoms with Gasteiger partial charge in [-0.3, -0.25) is 4.79 Å². The highest BCUT2D eigenvalue weighted by Gasteiger charge is 2.03. The number of hydrogen-bond donors (Lipinski definition) is 1. The Bertz CT molecular complexity index is 132. The minimum atomic E-state index is 0.124. The summed E-state index contributed by atoms with van der Waals surface area (Å²) >= 11 is 0. The van der Waals surface area contributed by atoms with E-state index in [4.69, 9.17) is 0 Å². The van der Waals surface area contributed by atoms with Crippen LogP contribution in [0.1, 0.15) is 26.7 Å². The molecule has 11 heavy (non-hydrogen) atoms. The van der Waals surface area contributed by atoms with Crippen molar-refractivity contribution in [3.8, 4) is 0 Å². The quantitative estimate of drug-likeness (QED) is 0.602. The van der Waals surface area contributed by atoms with E-state index in [1.807, 2.05) is 13.8 Å². The van der Waals surface area contributed by atoms with Gasteiger partial charge in [0.1, 0.15) is 0 Å². The molecular formula is C9H17NO.